The van der Waals surface area contributed by atoms with Gasteiger partial charge in [0.25, 0.3) is 5.91 Å². The van der Waals surface area contributed by atoms with Gasteiger partial charge in [-0.05, 0) is 42.8 Å². The Kier molecular flexibility index (Phi) is 5.13. The molecule has 0 aliphatic heterocycles. The number of carbonyl (C=O) groups excluding carboxylic acids is 1. The first-order valence-corrected chi connectivity index (χ1v) is 8.61. The molecule has 4 nitrogen and oxygen atoms in total. The number of carbonyl (C=O) groups is 1. The van der Waals surface area contributed by atoms with E-state index < -0.39 is 0 Å². The Labute approximate surface area is 148 Å². The SMILES string of the molecule is CCOc1ccc(C=NNC(=O)c2sc3ccccc3c2Cl)cc1. The zero-order valence-electron chi connectivity index (χ0n) is 13.0. The lowest BCUT2D eigenvalue weighted by molar-refractivity contribution is 0.0959. The van der Waals surface area contributed by atoms with Crippen molar-refractivity contribution in [3.05, 3.63) is 64.0 Å². The molecule has 6 heteroatoms. The van der Waals surface area contributed by atoms with Crippen molar-refractivity contribution in [3.8, 4) is 5.75 Å². The van der Waals surface area contributed by atoms with Crippen LogP contribution in [-0.4, -0.2) is 18.7 Å². The summed E-state index contributed by atoms with van der Waals surface area (Å²) in [5.41, 5.74) is 3.38. The van der Waals surface area contributed by atoms with Gasteiger partial charge in [0.05, 0.1) is 17.8 Å². The molecule has 122 valence electrons. The summed E-state index contributed by atoms with van der Waals surface area (Å²) in [6.07, 6.45) is 1.58. The summed E-state index contributed by atoms with van der Waals surface area (Å²) in [5.74, 6) is 0.485. The molecule has 0 spiro atoms. The minimum Gasteiger partial charge on any atom is -0.494 e. The highest BCUT2D eigenvalue weighted by Crippen LogP contribution is 2.34. The number of fused-ring (bicyclic) bond motifs is 1. The molecule has 0 aliphatic carbocycles. The minimum atomic E-state index is -0.316. The predicted molar refractivity (Wildman–Crippen MR) is 99.5 cm³/mol. The first-order chi connectivity index (χ1) is 11.7. The Morgan fingerprint density at radius 2 is 2.00 bits per heavy atom. The number of hydrogen-bond acceptors (Lipinski definition) is 4. The van der Waals surface area contributed by atoms with Gasteiger partial charge < -0.3 is 4.74 Å². The van der Waals surface area contributed by atoms with Crippen LogP contribution in [-0.2, 0) is 0 Å². The maximum Gasteiger partial charge on any atom is 0.283 e. The van der Waals surface area contributed by atoms with Crippen molar-refractivity contribution in [2.24, 2.45) is 5.10 Å². The van der Waals surface area contributed by atoms with Gasteiger partial charge in [-0.1, -0.05) is 29.8 Å². The van der Waals surface area contributed by atoms with Gasteiger partial charge in [0.2, 0.25) is 0 Å². The monoisotopic (exact) mass is 358 g/mol. The molecule has 0 saturated heterocycles. The number of nitrogens with zero attached hydrogens (tertiary/aromatic N) is 1. The number of hydrazone groups is 1. The molecule has 0 unspecified atom stereocenters. The van der Waals surface area contributed by atoms with Crippen molar-refractivity contribution in [1.82, 2.24) is 5.43 Å². The number of rotatable bonds is 5. The molecule has 24 heavy (non-hydrogen) atoms. The summed E-state index contributed by atoms with van der Waals surface area (Å²) in [4.78, 5) is 12.7. The summed E-state index contributed by atoms with van der Waals surface area (Å²) in [6, 6.07) is 15.1. The van der Waals surface area contributed by atoms with E-state index in [4.69, 9.17) is 16.3 Å². The molecular formula is C18H15ClN2O2S. The molecule has 0 aliphatic rings. The van der Waals surface area contributed by atoms with E-state index in [9.17, 15) is 4.79 Å². The Bertz CT molecular complexity index is 888. The second-order valence-electron chi connectivity index (χ2n) is 4.94. The molecule has 1 N–H and O–H groups in total. The molecule has 0 atom stereocenters. The molecule has 2 aromatic carbocycles. The number of hydrogen-bond donors (Lipinski definition) is 1. The molecule has 3 aromatic rings. The van der Waals surface area contributed by atoms with Gasteiger partial charge in [-0.3, -0.25) is 4.79 Å². The van der Waals surface area contributed by atoms with Crippen LogP contribution in [0.2, 0.25) is 5.02 Å². The van der Waals surface area contributed by atoms with Gasteiger partial charge in [-0.25, -0.2) is 5.43 Å². The van der Waals surface area contributed by atoms with Crippen LogP contribution in [0.3, 0.4) is 0 Å². The lowest BCUT2D eigenvalue weighted by atomic mass is 10.2. The van der Waals surface area contributed by atoms with Gasteiger partial charge >= 0.3 is 0 Å². The third kappa shape index (κ3) is 3.58. The fourth-order valence-electron chi connectivity index (χ4n) is 2.19. The Hall–Kier alpha value is -2.37. The summed E-state index contributed by atoms with van der Waals surface area (Å²) < 4.78 is 6.35. The van der Waals surface area contributed by atoms with Crippen molar-refractivity contribution < 1.29 is 9.53 Å². The quantitative estimate of drug-likeness (QED) is 0.530. The summed E-state index contributed by atoms with van der Waals surface area (Å²) in [6.45, 7) is 2.56. The predicted octanol–water partition coefficient (Wildman–Crippen LogP) is 4.72. The molecule has 0 fully saturated rings. The van der Waals surface area contributed by atoms with Crippen LogP contribution in [0.1, 0.15) is 22.2 Å². The van der Waals surface area contributed by atoms with Crippen LogP contribution < -0.4 is 10.2 Å². The lowest BCUT2D eigenvalue weighted by Gasteiger charge is -2.02. The highest BCUT2D eigenvalue weighted by Gasteiger charge is 2.16. The van der Waals surface area contributed by atoms with Gasteiger partial charge in [0.1, 0.15) is 10.6 Å². The summed E-state index contributed by atoms with van der Waals surface area (Å²) in [7, 11) is 0. The van der Waals surface area contributed by atoms with E-state index in [1.807, 2.05) is 55.5 Å². The summed E-state index contributed by atoms with van der Waals surface area (Å²) >= 11 is 7.63. The highest BCUT2D eigenvalue weighted by atomic mass is 35.5. The van der Waals surface area contributed by atoms with Gasteiger partial charge in [0, 0.05) is 10.1 Å². The zero-order chi connectivity index (χ0) is 16.9. The Morgan fingerprint density at radius 1 is 1.25 bits per heavy atom. The molecule has 3 rings (SSSR count). The number of nitrogens with one attached hydrogen (secondary N) is 1. The summed E-state index contributed by atoms with van der Waals surface area (Å²) in [5, 5.41) is 5.33. The van der Waals surface area contributed by atoms with Gasteiger partial charge in [0.15, 0.2) is 0 Å². The molecule has 1 aromatic heterocycles. The topological polar surface area (TPSA) is 50.7 Å². The molecule has 0 bridgehead atoms. The second kappa shape index (κ2) is 7.47. The number of amides is 1. The van der Waals surface area contributed by atoms with Crippen LogP contribution in [0.25, 0.3) is 10.1 Å². The zero-order valence-corrected chi connectivity index (χ0v) is 14.5. The number of halogens is 1. The lowest BCUT2D eigenvalue weighted by Crippen LogP contribution is -2.16. The van der Waals surface area contributed by atoms with Crippen LogP contribution in [0.15, 0.2) is 53.6 Å². The molecular weight excluding hydrogens is 344 g/mol. The third-order valence-electron chi connectivity index (χ3n) is 3.31. The first kappa shape index (κ1) is 16.5. The third-order valence-corrected chi connectivity index (χ3v) is 4.99. The van der Waals surface area contributed by atoms with E-state index in [1.54, 1.807) is 6.21 Å². The van der Waals surface area contributed by atoms with E-state index in [0.717, 1.165) is 21.4 Å². The van der Waals surface area contributed by atoms with E-state index in [2.05, 4.69) is 10.5 Å². The largest absolute Gasteiger partial charge is 0.494 e. The van der Waals surface area contributed by atoms with Crippen molar-refractivity contribution >= 4 is 45.1 Å². The first-order valence-electron chi connectivity index (χ1n) is 7.42. The maximum atomic E-state index is 12.2. The standard InChI is InChI=1S/C18H15ClN2O2S/c1-2-23-13-9-7-12(8-10-13)11-20-21-18(22)17-16(19)14-5-3-4-6-15(14)24-17/h3-11H,2H2,1H3,(H,21,22). The van der Waals surface area contributed by atoms with Crippen LogP contribution in [0.5, 0.6) is 5.75 Å². The molecule has 0 saturated carbocycles. The fraction of sp³-hybridized carbons (Fsp3) is 0.111. The second-order valence-corrected chi connectivity index (χ2v) is 6.37. The van der Waals surface area contributed by atoms with E-state index >= 15 is 0 Å². The van der Waals surface area contributed by atoms with Gasteiger partial charge in [-0.15, -0.1) is 11.3 Å². The van der Waals surface area contributed by atoms with Crippen LogP contribution >= 0.6 is 22.9 Å². The van der Waals surface area contributed by atoms with Crippen LogP contribution in [0, 0.1) is 0 Å². The molecule has 0 radical (unpaired) electrons. The van der Waals surface area contributed by atoms with Crippen molar-refractivity contribution in [1.29, 1.82) is 0 Å². The maximum absolute atomic E-state index is 12.2. The smallest absolute Gasteiger partial charge is 0.283 e. The average molecular weight is 359 g/mol. The van der Waals surface area contributed by atoms with Crippen molar-refractivity contribution in [2.45, 2.75) is 6.92 Å². The van der Waals surface area contributed by atoms with Crippen LogP contribution in [0.4, 0.5) is 0 Å². The Balaban J connectivity index is 1.69. The number of benzene rings is 2. The Morgan fingerprint density at radius 3 is 2.71 bits per heavy atom. The van der Waals surface area contributed by atoms with E-state index in [-0.39, 0.29) is 5.91 Å². The fourth-order valence-corrected chi connectivity index (χ4v) is 3.60. The van der Waals surface area contributed by atoms with E-state index in [1.165, 1.54) is 11.3 Å². The van der Waals surface area contributed by atoms with Crippen molar-refractivity contribution in [2.75, 3.05) is 6.61 Å². The van der Waals surface area contributed by atoms with E-state index in [0.29, 0.717) is 16.5 Å². The highest BCUT2D eigenvalue weighted by molar-refractivity contribution is 7.21. The average Bonchev–Trinajstić information content (AvgIpc) is 2.94. The van der Waals surface area contributed by atoms with Gasteiger partial charge in [-0.2, -0.15) is 5.10 Å². The normalized spacial score (nSPS) is 11.1. The minimum absolute atomic E-state index is 0.316. The number of ether oxygens (including phenoxy) is 1. The molecule has 1 amide bonds. The number of thiophene rings is 1. The molecule has 1 heterocycles. The van der Waals surface area contributed by atoms with Crippen molar-refractivity contribution in [3.63, 3.8) is 0 Å².